The Hall–Kier alpha value is -4.23. The Balaban J connectivity index is 1.37. The van der Waals surface area contributed by atoms with Crippen molar-refractivity contribution in [3.05, 3.63) is 129 Å². The molecule has 4 aromatic rings. The SMILES string of the molecule is Cc1ccc(C(=O)Oc2ccc(Br)cc2/C=N\NC(=O)c2ccc(OCc3ccccc3)cc2)cc1. The van der Waals surface area contributed by atoms with E-state index in [9.17, 15) is 9.59 Å². The molecule has 4 rings (SSSR count). The van der Waals surface area contributed by atoms with Crippen LogP contribution in [0, 0.1) is 6.92 Å². The summed E-state index contributed by atoms with van der Waals surface area (Å²) in [6.07, 6.45) is 1.43. The Morgan fingerprint density at radius 2 is 1.58 bits per heavy atom. The van der Waals surface area contributed by atoms with E-state index >= 15 is 0 Å². The number of amides is 1. The molecule has 0 spiro atoms. The molecule has 36 heavy (non-hydrogen) atoms. The molecule has 4 aromatic carbocycles. The number of carbonyl (C=O) groups is 2. The fourth-order valence-electron chi connectivity index (χ4n) is 3.23. The van der Waals surface area contributed by atoms with Crippen molar-refractivity contribution in [3.8, 4) is 11.5 Å². The molecular formula is C29H23BrN2O4. The summed E-state index contributed by atoms with van der Waals surface area (Å²) in [7, 11) is 0. The second-order valence-corrected chi connectivity index (χ2v) is 8.85. The highest BCUT2D eigenvalue weighted by Crippen LogP contribution is 2.23. The van der Waals surface area contributed by atoms with Crippen LogP contribution in [0.4, 0.5) is 0 Å². The third kappa shape index (κ3) is 6.90. The first-order valence-electron chi connectivity index (χ1n) is 11.2. The highest BCUT2D eigenvalue weighted by molar-refractivity contribution is 9.10. The zero-order valence-electron chi connectivity index (χ0n) is 19.5. The maximum absolute atomic E-state index is 12.5. The van der Waals surface area contributed by atoms with E-state index in [1.807, 2.05) is 49.4 Å². The number of rotatable bonds is 8. The summed E-state index contributed by atoms with van der Waals surface area (Å²) >= 11 is 3.41. The predicted molar refractivity (Wildman–Crippen MR) is 143 cm³/mol. The van der Waals surface area contributed by atoms with Gasteiger partial charge in [0.15, 0.2) is 0 Å². The maximum atomic E-state index is 12.5. The average Bonchev–Trinajstić information content (AvgIpc) is 2.90. The molecule has 0 saturated carbocycles. The first kappa shape index (κ1) is 24.9. The number of nitrogens with zero attached hydrogens (tertiary/aromatic N) is 1. The number of nitrogens with one attached hydrogen (secondary N) is 1. The van der Waals surface area contributed by atoms with Crippen LogP contribution in [0.1, 0.15) is 37.4 Å². The van der Waals surface area contributed by atoms with Crippen LogP contribution >= 0.6 is 15.9 Å². The molecule has 0 radical (unpaired) electrons. The Kier molecular flexibility index (Phi) is 8.26. The molecule has 0 saturated heterocycles. The second-order valence-electron chi connectivity index (χ2n) is 7.94. The smallest absolute Gasteiger partial charge is 0.343 e. The normalized spacial score (nSPS) is 10.7. The van der Waals surface area contributed by atoms with Gasteiger partial charge in [-0.25, -0.2) is 10.2 Å². The minimum atomic E-state index is -0.481. The number of hydrogen-bond donors (Lipinski definition) is 1. The number of carbonyl (C=O) groups excluding carboxylic acids is 2. The lowest BCUT2D eigenvalue weighted by atomic mass is 10.1. The van der Waals surface area contributed by atoms with Gasteiger partial charge in [-0.3, -0.25) is 4.79 Å². The molecule has 0 aliphatic rings. The quantitative estimate of drug-likeness (QED) is 0.122. The Labute approximate surface area is 217 Å². The molecule has 0 aliphatic heterocycles. The number of hydrogen-bond acceptors (Lipinski definition) is 5. The molecule has 0 aromatic heterocycles. The van der Waals surface area contributed by atoms with Gasteiger partial charge in [-0.1, -0.05) is 64.0 Å². The van der Waals surface area contributed by atoms with Crippen LogP contribution in [0.3, 0.4) is 0 Å². The summed E-state index contributed by atoms with van der Waals surface area (Å²) in [5, 5.41) is 4.04. The summed E-state index contributed by atoms with van der Waals surface area (Å²) < 4.78 is 12.1. The van der Waals surface area contributed by atoms with E-state index in [0.717, 1.165) is 15.6 Å². The van der Waals surface area contributed by atoms with Gasteiger partial charge in [-0.05, 0) is 67.1 Å². The Morgan fingerprint density at radius 3 is 2.31 bits per heavy atom. The topological polar surface area (TPSA) is 77.0 Å². The minimum Gasteiger partial charge on any atom is -0.489 e. The minimum absolute atomic E-state index is 0.321. The molecule has 7 heteroatoms. The number of hydrazone groups is 1. The molecule has 180 valence electrons. The summed E-state index contributed by atoms with van der Waals surface area (Å²) in [6, 6.07) is 28.9. The highest BCUT2D eigenvalue weighted by atomic mass is 79.9. The average molecular weight is 543 g/mol. The third-order valence-electron chi connectivity index (χ3n) is 5.20. The fourth-order valence-corrected chi connectivity index (χ4v) is 3.61. The van der Waals surface area contributed by atoms with Crippen LogP contribution in [0.25, 0.3) is 0 Å². The summed E-state index contributed by atoms with van der Waals surface area (Å²) in [4.78, 5) is 25.0. The summed E-state index contributed by atoms with van der Waals surface area (Å²) in [5.74, 6) is 0.120. The van der Waals surface area contributed by atoms with Crippen molar-refractivity contribution < 1.29 is 19.1 Å². The monoisotopic (exact) mass is 542 g/mol. The first-order valence-corrected chi connectivity index (χ1v) is 12.0. The lowest BCUT2D eigenvalue weighted by Crippen LogP contribution is -2.17. The van der Waals surface area contributed by atoms with E-state index in [1.54, 1.807) is 54.6 Å². The van der Waals surface area contributed by atoms with Gasteiger partial charge in [-0.15, -0.1) is 0 Å². The van der Waals surface area contributed by atoms with Gasteiger partial charge in [-0.2, -0.15) is 5.10 Å². The number of aryl methyl sites for hydroxylation is 1. The molecule has 0 fully saturated rings. The van der Waals surface area contributed by atoms with Crippen LogP contribution in [-0.4, -0.2) is 18.1 Å². The molecule has 0 atom stereocenters. The summed E-state index contributed by atoms with van der Waals surface area (Å²) in [6.45, 7) is 2.39. The van der Waals surface area contributed by atoms with Crippen LogP contribution in [0.2, 0.25) is 0 Å². The van der Waals surface area contributed by atoms with Gasteiger partial charge >= 0.3 is 5.97 Å². The van der Waals surface area contributed by atoms with Crippen LogP contribution < -0.4 is 14.9 Å². The van der Waals surface area contributed by atoms with Crippen LogP contribution in [0.15, 0.2) is 107 Å². The molecule has 0 unspecified atom stereocenters. The van der Waals surface area contributed by atoms with E-state index in [-0.39, 0.29) is 5.91 Å². The lowest BCUT2D eigenvalue weighted by molar-refractivity contribution is 0.0734. The molecule has 6 nitrogen and oxygen atoms in total. The molecular weight excluding hydrogens is 520 g/mol. The zero-order valence-corrected chi connectivity index (χ0v) is 21.1. The van der Waals surface area contributed by atoms with Crippen molar-refractivity contribution in [1.29, 1.82) is 0 Å². The van der Waals surface area contributed by atoms with Crippen molar-refractivity contribution in [3.63, 3.8) is 0 Å². The summed E-state index contributed by atoms with van der Waals surface area (Å²) in [5.41, 5.74) is 6.00. The van der Waals surface area contributed by atoms with E-state index in [2.05, 4.69) is 26.5 Å². The fraction of sp³-hybridized carbons (Fsp3) is 0.0690. The van der Waals surface area contributed by atoms with Gasteiger partial charge in [0.2, 0.25) is 0 Å². The van der Waals surface area contributed by atoms with Gasteiger partial charge in [0.25, 0.3) is 5.91 Å². The van der Waals surface area contributed by atoms with Crippen molar-refractivity contribution in [1.82, 2.24) is 5.43 Å². The zero-order chi connectivity index (χ0) is 25.3. The van der Waals surface area contributed by atoms with Gasteiger partial charge in [0, 0.05) is 15.6 Å². The standard InChI is InChI=1S/C29H23BrN2O4/c1-20-7-9-23(10-8-20)29(34)36-27-16-13-25(30)17-24(27)18-31-32-28(33)22-11-14-26(15-12-22)35-19-21-5-3-2-4-6-21/h2-18H,19H2,1H3,(H,32,33)/b31-18-. The largest absolute Gasteiger partial charge is 0.489 e. The second kappa shape index (κ2) is 12.0. The number of esters is 1. The van der Waals surface area contributed by atoms with Crippen molar-refractivity contribution in [2.45, 2.75) is 13.5 Å². The molecule has 0 bridgehead atoms. The van der Waals surface area contributed by atoms with Crippen molar-refractivity contribution in [2.75, 3.05) is 0 Å². The van der Waals surface area contributed by atoms with Crippen LogP contribution in [0.5, 0.6) is 11.5 Å². The number of halogens is 1. The van der Waals surface area contributed by atoms with Crippen molar-refractivity contribution >= 4 is 34.0 Å². The van der Waals surface area contributed by atoms with E-state index in [0.29, 0.717) is 34.8 Å². The first-order chi connectivity index (χ1) is 17.5. The Morgan fingerprint density at radius 1 is 0.889 bits per heavy atom. The molecule has 1 amide bonds. The lowest BCUT2D eigenvalue weighted by Gasteiger charge is -2.08. The molecule has 0 aliphatic carbocycles. The maximum Gasteiger partial charge on any atom is 0.343 e. The van der Waals surface area contributed by atoms with E-state index in [4.69, 9.17) is 9.47 Å². The Bertz CT molecular complexity index is 1370. The van der Waals surface area contributed by atoms with E-state index in [1.165, 1.54) is 6.21 Å². The molecule has 1 N–H and O–H groups in total. The number of benzene rings is 4. The van der Waals surface area contributed by atoms with Gasteiger partial charge in [0.05, 0.1) is 11.8 Å². The number of ether oxygens (including phenoxy) is 2. The molecule has 0 heterocycles. The van der Waals surface area contributed by atoms with Gasteiger partial charge in [0.1, 0.15) is 18.1 Å². The predicted octanol–water partition coefficient (Wildman–Crippen LogP) is 6.32. The van der Waals surface area contributed by atoms with Crippen molar-refractivity contribution in [2.24, 2.45) is 5.10 Å². The highest BCUT2D eigenvalue weighted by Gasteiger charge is 2.12. The van der Waals surface area contributed by atoms with Gasteiger partial charge < -0.3 is 9.47 Å². The third-order valence-corrected chi connectivity index (χ3v) is 5.69. The van der Waals surface area contributed by atoms with E-state index < -0.39 is 5.97 Å². The van der Waals surface area contributed by atoms with Crippen LogP contribution in [-0.2, 0) is 6.61 Å².